The molecule has 0 atom stereocenters. The second-order valence-electron chi connectivity index (χ2n) is 5.54. The van der Waals surface area contributed by atoms with Crippen molar-refractivity contribution in [3.05, 3.63) is 16.3 Å². The molecule has 1 fully saturated rings. The maximum Gasteiger partial charge on any atom is 0.329 e. The fraction of sp³-hybridized carbons (Fsp3) is 0.692. The Hall–Kier alpha value is -1.96. The van der Waals surface area contributed by atoms with Crippen molar-refractivity contribution in [1.29, 1.82) is 0 Å². The van der Waals surface area contributed by atoms with Crippen molar-refractivity contribution in [2.75, 3.05) is 37.8 Å². The van der Waals surface area contributed by atoms with Crippen LogP contribution in [0.5, 0.6) is 0 Å². The lowest BCUT2D eigenvalue weighted by Gasteiger charge is -2.47. The molecular formula is C13H22N6O2. The highest BCUT2D eigenvalue weighted by molar-refractivity contribution is 5.57. The zero-order chi connectivity index (χ0) is 15.5. The summed E-state index contributed by atoms with van der Waals surface area (Å²) < 4.78 is 0. The molecule has 21 heavy (non-hydrogen) atoms. The molecule has 2 N–H and O–H groups in total. The first-order valence-corrected chi connectivity index (χ1v) is 7.15. The van der Waals surface area contributed by atoms with Crippen molar-refractivity contribution in [2.24, 2.45) is 0 Å². The lowest BCUT2D eigenvalue weighted by atomic mass is 9.75. The summed E-state index contributed by atoms with van der Waals surface area (Å²) in [6, 6.07) is 0. The second kappa shape index (κ2) is 6.21. The van der Waals surface area contributed by atoms with Gasteiger partial charge in [0.05, 0.1) is 4.92 Å². The van der Waals surface area contributed by atoms with Gasteiger partial charge >= 0.3 is 5.69 Å². The average Bonchev–Trinajstić information content (AvgIpc) is 2.37. The predicted octanol–water partition coefficient (Wildman–Crippen LogP) is 1.71. The molecule has 1 heterocycles. The summed E-state index contributed by atoms with van der Waals surface area (Å²) in [5.74, 6) is 0.678. The first-order valence-electron chi connectivity index (χ1n) is 7.15. The third-order valence-corrected chi connectivity index (χ3v) is 4.12. The summed E-state index contributed by atoms with van der Waals surface area (Å²) in [6.07, 6.45) is 4.61. The van der Waals surface area contributed by atoms with Crippen molar-refractivity contribution in [3.8, 4) is 0 Å². The fourth-order valence-corrected chi connectivity index (χ4v) is 2.50. The second-order valence-corrected chi connectivity index (χ2v) is 5.54. The summed E-state index contributed by atoms with van der Waals surface area (Å²) in [6.45, 7) is 3.23. The third-order valence-electron chi connectivity index (χ3n) is 4.12. The zero-order valence-electron chi connectivity index (χ0n) is 12.7. The molecule has 0 aromatic carbocycles. The van der Waals surface area contributed by atoms with Crippen molar-refractivity contribution >= 4 is 17.5 Å². The molecule has 0 saturated heterocycles. The van der Waals surface area contributed by atoms with Gasteiger partial charge in [0, 0.05) is 18.6 Å². The maximum atomic E-state index is 11.1. The van der Waals surface area contributed by atoms with Crippen molar-refractivity contribution < 1.29 is 4.92 Å². The van der Waals surface area contributed by atoms with Crippen LogP contribution in [0.2, 0.25) is 0 Å². The lowest BCUT2D eigenvalue weighted by Crippen LogP contribution is -2.54. The Kier molecular flexibility index (Phi) is 4.56. The van der Waals surface area contributed by atoms with Gasteiger partial charge in [-0.2, -0.15) is 4.98 Å². The lowest BCUT2D eigenvalue weighted by molar-refractivity contribution is -0.384. The van der Waals surface area contributed by atoms with E-state index in [1.165, 1.54) is 12.6 Å². The number of hydrogen-bond acceptors (Lipinski definition) is 7. The Labute approximate surface area is 124 Å². The van der Waals surface area contributed by atoms with E-state index in [0.29, 0.717) is 19.0 Å². The highest BCUT2D eigenvalue weighted by atomic mass is 16.6. The monoisotopic (exact) mass is 294 g/mol. The molecule has 8 nitrogen and oxygen atoms in total. The van der Waals surface area contributed by atoms with E-state index in [4.69, 9.17) is 0 Å². The smallest absolute Gasteiger partial charge is 0.329 e. The predicted molar refractivity (Wildman–Crippen MR) is 81.6 cm³/mol. The molecule has 0 amide bonds. The topological polar surface area (TPSA) is 96.2 Å². The molecule has 8 heteroatoms. The molecular weight excluding hydrogens is 272 g/mol. The molecule has 0 radical (unpaired) electrons. The van der Waals surface area contributed by atoms with Crippen LogP contribution >= 0.6 is 0 Å². The quantitative estimate of drug-likeness (QED) is 0.583. The number of nitrogens with one attached hydrogen (secondary N) is 2. The Morgan fingerprint density at radius 3 is 2.62 bits per heavy atom. The van der Waals surface area contributed by atoms with E-state index >= 15 is 0 Å². The Morgan fingerprint density at radius 2 is 2.14 bits per heavy atom. The highest BCUT2D eigenvalue weighted by Crippen LogP contribution is 2.36. The summed E-state index contributed by atoms with van der Waals surface area (Å²) in [5, 5.41) is 17.2. The summed E-state index contributed by atoms with van der Waals surface area (Å²) in [4.78, 5) is 21.0. The van der Waals surface area contributed by atoms with Crippen LogP contribution in [0.1, 0.15) is 26.2 Å². The largest absolute Gasteiger partial charge is 0.362 e. The SMILES string of the molecule is CCNc1ncc([N+](=O)[O-])c(NCC2(N(C)C)CCC2)n1. The van der Waals surface area contributed by atoms with Crippen LogP contribution in [-0.2, 0) is 0 Å². The first-order chi connectivity index (χ1) is 9.98. The number of anilines is 2. The van der Waals surface area contributed by atoms with Crippen LogP contribution in [0.25, 0.3) is 0 Å². The molecule has 1 saturated carbocycles. The van der Waals surface area contributed by atoms with Gasteiger partial charge in [-0.15, -0.1) is 0 Å². The number of nitro groups is 1. The van der Waals surface area contributed by atoms with Crippen molar-refractivity contribution in [2.45, 2.75) is 31.7 Å². The maximum absolute atomic E-state index is 11.1. The van der Waals surface area contributed by atoms with Crippen LogP contribution in [-0.4, -0.2) is 52.5 Å². The molecule has 1 aliphatic rings. The molecule has 0 bridgehead atoms. The Balaban J connectivity index is 2.17. The standard InChI is InChI=1S/C13H22N6O2/c1-4-14-12-15-8-10(19(20)21)11(17-12)16-9-13(18(2)3)6-5-7-13/h8H,4-7,9H2,1-3H3,(H2,14,15,16,17). The van der Waals surface area contributed by atoms with E-state index in [2.05, 4.69) is 25.5 Å². The third kappa shape index (κ3) is 3.21. The number of aromatic nitrogens is 2. The van der Waals surface area contributed by atoms with Gasteiger partial charge in [0.15, 0.2) is 0 Å². The van der Waals surface area contributed by atoms with Gasteiger partial charge < -0.3 is 15.5 Å². The summed E-state index contributed by atoms with van der Waals surface area (Å²) in [5.41, 5.74) is -0.0261. The fourth-order valence-electron chi connectivity index (χ4n) is 2.50. The molecule has 0 spiro atoms. The van der Waals surface area contributed by atoms with Gasteiger partial charge in [0.2, 0.25) is 11.8 Å². The summed E-state index contributed by atoms with van der Waals surface area (Å²) in [7, 11) is 4.08. The number of nitrogens with zero attached hydrogens (tertiary/aromatic N) is 4. The van der Waals surface area contributed by atoms with Gasteiger partial charge in [-0.3, -0.25) is 10.1 Å². The van der Waals surface area contributed by atoms with Gasteiger partial charge in [0.1, 0.15) is 6.20 Å². The molecule has 1 aromatic heterocycles. The van der Waals surface area contributed by atoms with Crippen molar-refractivity contribution in [1.82, 2.24) is 14.9 Å². The van der Waals surface area contributed by atoms with E-state index in [1.54, 1.807) is 0 Å². The van der Waals surface area contributed by atoms with E-state index < -0.39 is 4.92 Å². The van der Waals surface area contributed by atoms with Gasteiger partial charge in [-0.25, -0.2) is 4.98 Å². The van der Waals surface area contributed by atoms with E-state index in [1.807, 2.05) is 21.0 Å². The van der Waals surface area contributed by atoms with E-state index in [9.17, 15) is 10.1 Å². The van der Waals surface area contributed by atoms with E-state index in [0.717, 1.165) is 12.8 Å². The molecule has 1 aromatic rings. The van der Waals surface area contributed by atoms with Gasteiger partial charge in [0.25, 0.3) is 0 Å². The van der Waals surface area contributed by atoms with Crippen LogP contribution in [0, 0.1) is 10.1 Å². The van der Waals surface area contributed by atoms with Crippen molar-refractivity contribution in [3.63, 3.8) is 0 Å². The highest BCUT2D eigenvalue weighted by Gasteiger charge is 2.39. The Morgan fingerprint density at radius 1 is 1.43 bits per heavy atom. The number of rotatable bonds is 7. The molecule has 116 valence electrons. The van der Waals surface area contributed by atoms with Crippen LogP contribution in [0.15, 0.2) is 6.20 Å². The van der Waals surface area contributed by atoms with Crippen LogP contribution in [0.4, 0.5) is 17.5 Å². The zero-order valence-corrected chi connectivity index (χ0v) is 12.7. The molecule has 1 aliphatic carbocycles. The minimum atomic E-state index is -0.457. The minimum Gasteiger partial charge on any atom is -0.362 e. The number of likely N-dealkylation sites (N-methyl/N-ethyl adjacent to an activating group) is 1. The van der Waals surface area contributed by atoms with Crippen LogP contribution < -0.4 is 10.6 Å². The molecule has 0 aliphatic heterocycles. The molecule has 0 unspecified atom stereocenters. The Bertz CT molecular complexity index is 515. The minimum absolute atomic E-state index is 0.0666. The first kappa shape index (κ1) is 15.4. The molecule has 2 rings (SSSR count). The number of hydrogen-bond donors (Lipinski definition) is 2. The van der Waals surface area contributed by atoms with Gasteiger partial charge in [-0.05, 0) is 40.3 Å². The van der Waals surface area contributed by atoms with E-state index in [-0.39, 0.29) is 17.0 Å². The summed E-state index contributed by atoms with van der Waals surface area (Å²) >= 11 is 0. The average molecular weight is 294 g/mol. The van der Waals surface area contributed by atoms with Crippen LogP contribution in [0.3, 0.4) is 0 Å². The normalized spacial score (nSPS) is 16.4. The van der Waals surface area contributed by atoms with Gasteiger partial charge in [-0.1, -0.05) is 0 Å².